The van der Waals surface area contributed by atoms with Crippen molar-refractivity contribution in [2.24, 2.45) is 0 Å². The van der Waals surface area contributed by atoms with Crippen molar-refractivity contribution >= 4 is 28.0 Å². The molecular formula is C29H28N2O5S. The summed E-state index contributed by atoms with van der Waals surface area (Å²) in [6.07, 6.45) is 8.28. The van der Waals surface area contributed by atoms with Crippen LogP contribution in [0, 0.1) is 0 Å². The molecule has 0 bridgehead atoms. The number of piperidine rings is 1. The van der Waals surface area contributed by atoms with E-state index >= 15 is 0 Å². The molecule has 7 nitrogen and oxygen atoms in total. The maximum Gasteiger partial charge on any atom is 0.448 e. The highest BCUT2D eigenvalue weighted by Gasteiger charge is 2.26. The van der Waals surface area contributed by atoms with Crippen LogP contribution in [0.1, 0.15) is 40.8 Å². The van der Waals surface area contributed by atoms with Crippen LogP contribution in [0.2, 0.25) is 0 Å². The van der Waals surface area contributed by atoms with Gasteiger partial charge in [-0.2, -0.15) is 8.42 Å². The van der Waals surface area contributed by atoms with E-state index in [1.165, 1.54) is 5.57 Å². The third-order valence-corrected chi connectivity index (χ3v) is 7.60. The molecule has 0 spiro atoms. The van der Waals surface area contributed by atoms with Gasteiger partial charge < -0.3 is 9.08 Å². The Balaban J connectivity index is 1.44. The van der Waals surface area contributed by atoms with Crippen molar-refractivity contribution in [1.29, 1.82) is 0 Å². The van der Waals surface area contributed by atoms with E-state index in [9.17, 15) is 13.2 Å². The first kappa shape index (κ1) is 24.9. The number of rotatable bonds is 5. The minimum absolute atomic E-state index is 0.00818. The van der Waals surface area contributed by atoms with Crippen LogP contribution >= 0.6 is 0 Å². The van der Waals surface area contributed by atoms with Gasteiger partial charge >= 0.3 is 10.4 Å². The lowest BCUT2D eigenvalue weighted by molar-refractivity contribution is -0.126. The number of nitrogens with zero attached hydrogens (tertiary/aromatic N) is 2. The maximum absolute atomic E-state index is 12.8. The standard InChI is InChI=1S/C29H28N2O5S/c1-35-37(33,34)36-25-12-13-26-24(20-25)11-10-23-8-5-17-30-29(23)28(26)22-15-18-31(19-16-22)27(32)14-9-21-6-3-2-4-7-21/h2-9,12-14,17,20H,10-11,15-16,18-19H2,1H3. The molecule has 1 saturated heterocycles. The van der Waals surface area contributed by atoms with E-state index in [1.807, 2.05) is 53.4 Å². The molecule has 0 N–H and O–H groups in total. The molecule has 1 fully saturated rings. The van der Waals surface area contributed by atoms with Crippen molar-refractivity contribution in [3.63, 3.8) is 0 Å². The second kappa shape index (κ2) is 10.7. The largest absolute Gasteiger partial charge is 0.448 e. The van der Waals surface area contributed by atoms with Gasteiger partial charge in [0, 0.05) is 30.9 Å². The minimum Gasteiger partial charge on any atom is -0.362 e. The van der Waals surface area contributed by atoms with E-state index in [0.717, 1.165) is 66.3 Å². The number of hydrogen-bond acceptors (Lipinski definition) is 6. The Kier molecular flexibility index (Phi) is 7.21. The molecule has 3 aromatic rings. The number of aryl methyl sites for hydroxylation is 2. The summed E-state index contributed by atoms with van der Waals surface area (Å²) in [5.41, 5.74) is 7.45. The molecule has 1 aliphatic carbocycles. The summed E-state index contributed by atoms with van der Waals surface area (Å²) in [6.45, 7) is 1.25. The van der Waals surface area contributed by atoms with Crippen molar-refractivity contribution in [2.45, 2.75) is 25.7 Å². The summed E-state index contributed by atoms with van der Waals surface area (Å²) in [6, 6.07) is 19.1. The Morgan fingerprint density at radius 3 is 2.46 bits per heavy atom. The molecular weight excluding hydrogens is 488 g/mol. The van der Waals surface area contributed by atoms with Gasteiger partial charge in [-0.15, -0.1) is 0 Å². The quantitative estimate of drug-likeness (QED) is 0.461. The molecule has 8 heteroatoms. The average Bonchev–Trinajstić information content (AvgIpc) is 3.09. The molecule has 1 aliphatic heterocycles. The summed E-state index contributed by atoms with van der Waals surface area (Å²) in [4.78, 5) is 19.5. The highest BCUT2D eigenvalue weighted by Crippen LogP contribution is 2.39. The molecule has 37 heavy (non-hydrogen) atoms. The van der Waals surface area contributed by atoms with Gasteiger partial charge in [0.1, 0.15) is 5.75 Å². The van der Waals surface area contributed by atoms with Gasteiger partial charge in [-0.3, -0.25) is 9.78 Å². The van der Waals surface area contributed by atoms with Gasteiger partial charge in [-0.05, 0) is 72.2 Å². The molecule has 2 aromatic carbocycles. The summed E-state index contributed by atoms with van der Waals surface area (Å²) < 4.78 is 33.1. The zero-order valence-corrected chi connectivity index (χ0v) is 21.4. The van der Waals surface area contributed by atoms with Crippen LogP contribution in [0.25, 0.3) is 11.6 Å². The van der Waals surface area contributed by atoms with Crippen LogP contribution in [0.15, 0.2) is 78.5 Å². The molecule has 1 aromatic heterocycles. The summed E-state index contributed by atoms with van der Waals surface area (Å²) >= 11 is 0. The van der Waals surface area contributed by atoms with E-state index < -0.39 is 10.4 Å². The number of carbonyl (C=O) groups excluding carboxylic acids is 1. The van der Waals surface area contributed by atoms with Crippen LogP contribution in [-0.4, -0.2) is 44.4 Å². The molecule has 0 unspecified atom stereocenters. The fourth-order valence-corrected chi connectivity index (χ4v) is 5.34. The SMILES string of the molecule is COS(=O)(=O)Oc1ccc2c(c1)CCc1cccnc1C2=C1CCN(C(=O)C=Cc2ccccc2)CC1. The van der Waals surface area contributed by atoms with Crippen molar-refractivity contribution in [1.82, 2.24) is 9.88 Å². The first-order valence-electron chi connectivity index (χ1n) is 12.2. The smallest absolute Gasteiger partial charge is 0.362 e. The second-order valence-electron chi connectivity index (χ2n) is 9.04. The van der Waals surface area contributed by atoms with E-state index in [-0.39, 0.29) is 11.7 Å². The third-order valence-electron chi connectivity index (χ3n) is 6.79. The lowest BCUT2D eigenvalue weighted by Gasteiger charge is -2.29. The van der Waals surface area contributed by atoms with Crippen molar-refractivity contribution in [3.8, 4) is 5.75 Å². The monoisotopic (exact) mass is 516 g/mol. The first-order valence-corrected chi connectivity index (χ1v) is 13.6. The number of benzene rings is 2. The molecule has 0 radical (unpaired) electrons. The molecule has 5 rings (SSSR count). The minimum atomic E-state index is -4.10. The van der Waals surface area contributed by atoms with Gasteiger partial charge in [-0.1, -0.05) is 48.0 Å². The Bertz CT molecular complexity index is 1470. The van der Waals surface area contributed by atoms with Crippen LogP contribution in [0.3, 0.4) is 0 Å². The van der Waals surface area contributed by atoms with Crippen LogP contribution < -0.4 is 4.18 Å². The molecule has 0 saturated carbocycles. The zero-order valence-electron chi connectivity index (χ0n) is 20.6. The predicted octanol–water partition coefficient (Wildman–Crippen LogP) is 4.59. The van der Waals surface area contributed by atoms with Crippen LogP contribution in [-0.2, 0) is 32.2 Å². The van der Waals surface area contributed by atoms with Crippen molar-refractivity contribution in [2.75, 3.05) is 20.2 Å². The molecule has 2 aliphatic rings. The molecule has 0 atom stereocenters. The maximum atomic E-state index is 12.8. The van der Waals surface area contributed by atoms with Gasteiger partial charge in [0.15, 0.2) is 0 Å². The van der Waals surface area contributed by atoms with Crippen LogP contribution in [0.4, 0.5) is 0 Å². The highest BCUT2D eigenvalue weighted by atomic mass is 32.3. The lowest BCUT2D eigenvalue weighted by Crippen LogP contribution is -2.35. The van der Waals surface area contributed by atoms with Gasteiger partial charge in [-0.25, -0.2) is 4.18 Å². The van der Waals surface area contributed by atoms with E-state index in [0.29, 0.717) is 13.1 Å². The summed E-state index contributed by atoms with van der Waals surface area (Å²) in [7, 11) is -3.03. The van der Waals surface area contributed by atoms with E-state index in [4.69, 9.17) is 9.17 Å². The fourth-order valence-electron chi connectivity index (χ4n) is 4.93. The van der Waals surface area contributed by atoms with Crippen molar-refractivity contribution in [3.05, 3.63) is 106 Å². The number of likely N-dealkylation sites (tertiary alicyclic amines) is 1. The van der Waals surface area contributed by atoms with Crippen LogP contribution in [0.5, 0.6) is 5.75 Å². The Morgan fingerprint density at radius 2 is 1.70 bits per heavy atom. The van der Waals surface area contributed by atoms with Gasteiger partial charge in [0.05, 0.1) is 12.8 Å². The Hall–Kier alpha value is -3.75. The molecule has 2 heterocycles. The first-order chi connectivity index (χ1) is 17.9. The number of amides is 1. The number of carbonyl (C=O) groups is 1. The third kappa shape index (κ3) is 5.65. The molecule has 1 amide bonds. The number of fused-ring (bicyclic) bond motifs is 2. The predicted molar refractivity (Wildman–Crippen MR) is 142 cm³/mol. The normalized spacial score (nSPS) is 15.8. The van der Waals surface area contributed by atoms with Crippen molar-refractivity contribution < 1.29 is 21.6 Å². The Morgan fingerprint density at radius 1 is 0.946 bits per heavy atom. The topological polar surface area (TPSA) is 85.8 Å². The summed E-state index contributed by atoms with van der Waals surface area (Å²) in [5.74, 6) is 0.225. The average molecular weight is 517 g/mol. The fraction of sp³-hybridized carbons (Fsp3) is 0.241. The lowest BCUT2D eigenvalue weighted by atomic mass is 9.88. The Labute approximate surface area is 217 Å². The molecule has 190 valence electrons. The number of aromatic nitrogens is 1. The van der Waals surface area contributed by atoms with E-state index in [1.54, 1.807) is 24.4 Å². The van der Waals surface area contributed by atoms with Gasteiger partial charge in [0.25, 0.3) is 0 Å². The van der Waals surface area contributed by atoms with E-state index in [2.05, 4.69) is 10.2 Å². The van der Waals surface area contributed by atoms with Gasteiger partial charge in [0.2, 0.25) is 5.91 Å². The highest BCUT2D eigenvalue weighted by molar-refractivity contribution is 7.82. The number of pyridine rings is 1. The second-order valence-corrected chi connectivity index (χ2v) is 10.4. The zero-order chi connectivity index (χ0) is 25.8. The number of hydrogen-bond donors (Lipinski definition) is 0. The summed E-state index contributed by atoms with van der Waals surface area (Å²) in [5, 5.41) is 0.